The van der Waals surface area contributed by atoms with Crippen molar-refractivity contribution in [1.82, 2.24) is 5.32 Å². The lowest BCUT2D eigenvalue weighted by Crippen LogP contribution is -2.31. The van der Waals surface area contributed by atoms with Crippen molar-refractivity contribution in [2.45, 2.75) is 38.7 Å². The molecule has 84 valence electrons. The molecule has 1 unspecified atom stereocenters. The molecule has 3 nitrogen and oxygen atoms in total. The number of aliphatic hydroxyl groups is 1. The maximum Gasteiger partial charge on any atom is 0.220 e. The van der Waals surface area contributed by atoms with Crippen LogP contribution in [0.2, 0.25) is 0 Å². The molecular formula is C10H21NO2S. The van der Waals surface area contributed by atoms with Crippen molar-refractivity contribution in [3.8, 4) is 0 Å². The van der Waals surface area contributed by atoms with Crippen LogP contribution in [0, 0.1) is 0 Å². The largest absolute Gasteiger partial charge is 0.391 e. The van der Waals surface area contributed by atoms with Gasteiger partial charge in [0, 0.05) is 13.0 Å². The molecule has 0 aliphatic rings. The van der Waals surface area contributed by atoms with Gasteiger partial charge in [0.05, 0.1) is 6.10 Å². The van der Waals surface area contributed by atoms with Gasteiger partial charge < -0.3 is 10.4 Å². The van der Waals surface area contributed by atoms with Crippen LogP contribution in [0.25, 0.3) is 0 Å². The van der Waals surface area contributed by atoms with Crippen molar-refractivity contribution in [1.29, 1.82) is 0 Å². The summed E-state index contributed by atoms with van der Waals surface area (Å²) in [6, 6.07) is 0. The highest BCUT2D eigenvalue weighted by molar-refractivity contribution is 7.98. The van der Waals surface area contributed by atoms with E-state index in [4.69, 9.17) is 0 Å². The second kappa shape index (κ2) is 9.34. The third-order valence-corrected chi connectivity index (χ3v) is 2.61. The van der Waals surface area contributed by atoms with E-state index in [-0.39, 0.29) is 12.0 Å². The molecule has 0 aliphatic carbocycles. The molecule has 0 saturated heterocycles. The number of rotatable bonds is 8. The van der Waals surface area contributed by atoms with Crippen LogP contribution in [0.5, 0.6) is 0 Å². The first-order valence-electron chi connectivity index (χ1n) is 5.14. The standard InChI is InChI=1S/C10H21NO2S/c1-3-5-9(12)8-11-10(13)6-4-7-14-2/h9,12H,3-8H2,1-2H3,(H,11,13). The van der Waals surface area contributed by atoms with E-state index >= 15 is 0 Å². The fourth-order valence-electron chi connectivity index (χ4n) is 1.13. The molecule has 14 heavy (non-hydrogen) atoms. The fraction of sp³-hybridized carbons (Fsp3) is 0.900. The molecule has 2 N–H and O–H groups in total. The molecule has 0 aromatic heterocycles. The van der Waals surface area contributed by atoms with Crippen molar-refractivity contribution < 1.29 is 9.90 Å². The Bertz CT molecular complexity index is 153. The van der Waals surface area contributed by atoms with Crippen LogP contribution in [0.15, 0.2) is 0 Å². The zero-order chi connectivity index (χ0) is 10.8. The minimum atomic E-state index is -0.385. The van der Waals surface area contributed by atoms with E-state index in [2.05, 4.69) is 5.32 Å². The lowest BCUT2D eigenvalue weighted by Gasteiger charge is -2.10. The van der Waals surface area contributed by atoms with E-state index in [0.717, 1.165) is 25.0 Å². The van der Waals surface area contributed by atoms with Crippen LogP contribution < -0.4 is 5.32 Å². The number of hydrogen-bond acceptors (Lipinski definition) is 3. The quantitative estimate of drug-likeness (QED) is 0.607. The molecule has 1 amide bonds. The summed E-state index contributed by atoms with van der Waals surface area (Å²) < 4.78 is 0. The number of aliphatic hydroxyl groups excluding tert-OH is 1. The molecule has 0 spiro atoms. The second-order valence-electron chi connectivity index (χ2n) is 3.34. The predicted molar refractivity (Wildman–Crippen MR) is 61.5 cm³/mol. The molecule has 0 fully saturated rings. The Morgan fingerprint density at radius 3 is 2.86 bits per heavy atom. The average Bonchev–Trinajstić information content (AvgIpc) is 2.16. The molecule has 4 heteroatoms. The third kappa shape index (κ3) is 8.38. The van der Waals surface area contributed by atoms with Crippen molar-refractivity contribution in [2.75, 3.05) is 18.6 Å². The highest BCUT2D eigenvalue weighted by atomic mass is 32.2. The summed E-state index contributed by atoms with van der Waals surface area (Å²) in [6.45, 7) is 2.41. The van der Waals surface area contributed by atoms with Crippen LogP contribution in [0.4, 0.5) is 0 Å². The normalized spacial score (nSPS) is 12.5. The first-order chi connectivity index (χ1) is 6.70. The van der Waals surface area contributed by atoms with Crippen LogP contribution in [-0.4, -0.2) is 35.7 Å². The molecule has 0 heterocycles. The first-order valence-corrected chi connectivity index (χ1v) is 6.53. The molecule has 0 aromatic carbocycles. The van der Waals surface area contributed by atoms with E-state index in [1.54, 1.807) is 11.8 Å². The SMILES string of the molecule is CCCC(O)CNC(=O)CCCSC. The van der Waals surface area contributed by atoms with Crippen molar-refractivity contribution >= 4 is 17.7 Å². The summed E-state index contributed by atoms with van der Waals surface area (Å²) >= 11 is 1.75. The third-order valence-electron chi connectivity index (χ3n) is 1.91. The first kappa shape index (κ1) is 13.8. The number of carbonyl (C=O) groups excluding carboxylic acids is 1. The Morgan fingerprint density at radius 2 is 2.29 bits per heavy atom. The van der Waals surface area contributed by atoms with Crippen molar-refractivity contribution in [2.24, 2.45) is 0 Å². The highest BCUT2D eigenvalue weighted by Crippen LogP contribution is 1.99. The lowest BCUT2D eigenvalue weighted by molar-refractivity contribution is -0.121. The topological polar surface area (TPSA) is 49.3 Å². The van der Waals surface area contributed by atoms with Crippen molar-refractivity contribution in [3.05, 3.63) is 0 Å². The number of nitrogens with one attached hydrogen (secondary N) is 1. The lowest BCUT2D eigenvalue weighted by atomic mass is 10.2. The molecular weight excluding hydrogens is 198 g/mol. The average molecular weight is 219 g/mol. The number of carbonyl (C=O) groups is 1. The predicted octanol–water partition coefficient (Wildman–Crippen LogP) is 1.41. The molecule has 1 atom stereocenters. The van der Waals surface area contributed by atoms with Gasteiger partial charge in [-0.3, -0.25) is 4.79 Å². The van der Waals surface area contributed by atoms with Gasteiger partial charge in [0.2, 0.25) is 5.91 Å². The van der Waals surface area contributed by atoms with E-state index in [9.17, 15) is 9.90 Å². The molecule has 0 saturated carbocycles. The Balaban J connectivity index is 3.34. The van der Waals surface area contributed by atoms with Gasteiger partial charge in [-0.05, 0) is 24.9 Å². The molecule has 0 rings (SSSR count). The zero-order valence-electron chi connectivity index (χ0n) is 9.08. The van der Waals surface area contributed by atoms with Gasteiger partial charge >= 0.3 is 0 Å². The van der Waals surface area contributed by atoms with Gasteiger partial charge in [-0.15, -0.1) is 0 Å². The van der Waals surface area contributed by atoms with Gasteiger partial charge in [0.25, 0.3) is 0 Å². The van der Waals surface area contributed by atoms with Gasteiger partial charge in [0.1, 0.15) is 0 Å². The number of hydrogen-bond donors (Lipinski definition) is 2. The van der Waals surface area contributed by atoms with E-state index in [1.165, 1.54) is 0 Å². The Morgan fingerprint density at radius 1 is 1.57 bits per heavy atom. The van der Waals surface area contributed by atoms with Gasteiger partial charge in [-0.25, -0.2) is 0 Å². The minimum Gasteiger partial charge on any atom is -0.391 e. The number of thioether (sulfide) groups is 1. The summed E-state index contributed by atoms with van der Waals surface area (Å²) in [5.74, 6) is 1.07. The molecule has 0 radical (unpaired) electrons. The summed E-state index contributed by atoms with van der Waals surface area (Å²) in [6.07, 6.45) is 4.83. The molecule has 0 aliphatic heterocycles. The Kier molecular flexibility index (Phi) is 9.19. The number of amides is 1. The van der Waals surface area contributed by atoms with E-state index in [1.807, 2.05) is 13.2 Å². The van der Waals surface area contributed by atoms with Crippen LogP contribution in [0.3, 0.4) is 0 Å². The second-order valence-corrected chi connectivity index (χ2v) is 4.33. The van der Waals surface area contributed by atoms with Crippen LogP contribution >= 0.6 is 11.8 Å². The van der Waals surface area contributed by atoms with E-state index < -0.39 is 0 Å². The van der Waals surface area contributed by atoms with Gasteiger partial charge in [-0.1, -0.05) is 13.3 Å². The van der Waals surface area contributed by atoms with Crippen LogP contribution in [0.1, 0.15) is 32.6 Å². The Hall–Kier alpha value is -0.220. The summed E-state index contributed by atoms with van der Waals surface area (Å²) in [4.78, 5) is 11.2. The van der Waals surface area contributed by atoms with Gasteiger partial charge in [-0.2, -0.15) is 11.8 Å². The minimum absolute atomic E-state index is 0.0502. The summed E-state index contributed by atoms with van der Waals surface area (Å²) in [5, 5.41) is 12.1. The Labute approximate surface area is 90.7 Å². The summed E-state index contributed by atoms with van der Waals surface area (Å²) in [7, 11) is 0. The fourth-order valence-corrected chi connectivity index (χ4v) is 1.57. The molecule has 0 bridgehead atoms. The zero-order valence-corrected chi connectivity index (χ0v) is 9.90. The summed E-state index contributed by atoms with van der Waals surface area (Å²) in [5.41, 5.74) is 0. The van der Waals surface area contributed by atoms with Crippen molar-refractivity contribution in [3.63, 3.8) is 0 Å². The maximum atomic E-state index is 11.2. The van der Waals surface area contributed by atoms with Crippen LogP contribution in [-0.2, 0) is 4.79 Å². The van der Waals surface area contributed by atoms with E-state index in [0.29, 0.717) is 13.0 Å². The van der Waals surface area contributed by atoms with Gasteiger partial charge in [0.15, 0.2) is 0 Å². The smallest absolute Gasteiger partial charge is 0.220 e. The maximum absolute atomic E-state index is 11.2. The molecule has 0 aromatic rings. The monoisotopic (exact) mass is 219 g/mol. The highest BCUT2D eigenvalue weighted by Gasteiger charge is 2.05.